The minimum atomic E-state index is 0.560. The van der Waals surface area contributed by atoms with Crippen LogP contribution in [-0.2, 0) is 6.54 Å². The molecule has 0 unspecified atom stereocenters. The third-order valence-electron chi connectivity index (χ3n) is 5.16. The molecular formula is C22H25N3S. The maximum absolute atomic E-state index is 4.18. The fourth-order valence-electron chi connectivity index (χ4n) is 3.63. The van der Waals surface area contributed by atoms with Crippen LogP contribution in [0.25, 0.3) is 10.8 Å². The van der Waals surface area contributed by atoms with E-state index in [1.165, 1.54) is 39.8 Å². The molecule has 0 saturated carbocycles. The number of anilines is 1. The van der Waals surface area contributed by atoms with E-state index in [1.54, 1.807) is 11.8 Å². The van der Waals surface area contributed by atoms with E-state index in [4.69, 9.17) is 0 Å². The van der Waals surface area contributed by atoms with Gasteiger partial charge in [0.1, 0.15) is 0 Å². The molecule has 1 saturated heterocycles. The fourth-order valence-corrected chi connectivity index (χ4v) is 4.04. The van der Waals surface area contributed by atoms with Crippen LogP contribution in [0.15, 0.2) is 65.8 Å². The summed E-state index contributed by atoms with van der Waals surface area (Å²) in [5.41, 5.74) is 2.63. The van der Waals surface area contributed by atoms with Crippen molar-refractivity contribution in [3.8, 4) is 0 Å². The Kier molecular flexibility index (Phi) is 5.42. The highest BCUT2D eigenvalue weighted by Crippen LogP contribution is 2.22. The summed E-state index contributed by atoms with van der Waals surface area (Å²) in [7, 11) is 0. The van der Waals surface area contributed by atoms with Gasteiger partial charge in [-0.25, -0.2) is 0 Å². The number of aromatic nitrogens is 1. The van der Waals surface area contributed by atoms with Crippen molar-refractivity contribution in [3.63, 3.8) is 0 Å². The number of nitrogens with one attached hydrogen (secondary N) is 1. The molecule has 0 atom stereocenters. The van der Waals surface area contributed by atoms with Crippen LogP contribution < -0.4 is 5.32 Å². The van der Waals surface area contributed by atoms with Gasteiger partial charge in [0.05, 0.1) is 0 Å². The van der Waals surface area contributed by atoms with Gasteiger partial charge in [0, 0.05) is 54.0 Å². The first-order valence-electron chi connectivity index (χ1n) is 9.26. The summed E-state index contributed by atoms with van der Waals surface area (Å²) < 4.78 is 0. The van der Waals surface area contributed by atoms with Crippen molar-refractivity contribution in [3.05, 3.63) is 66.5 Å². The number of piperidine rings is 1. The second-order valence-corrected chi connectivity index (χ2v) is 7.86. The number of nitrogens with zero attached hydrogens (tertiary/aromatic N) is 2. The van der Waals surface area contributed by atoms with Gasteiger partial charge >= 0.3 is 0 Å². The third-order valence-corrected chi connectivity index (χ3v) is 5.91. The van der Waals surface area contributed by atoms with Crippen molar-refractivity contribution in [2.45, 2.75) is 30.3 Å². The monoisotopic (exact) mass is 363 g/mol. The van der Waals surface area contributed by atoms with Gasteiger partial charge in [-0.2, -0.15) is 0 Å². The summed E-state index contributed by atoms with van der Waals surface area (Å²) >= 11 is 1.80. The van der Waals surface area contributed by atoms with Crippen LogP contribution in [0.4, 0.5) is 5.69 Å². The molecule has 1 aliphatic rings. The number of rotatable bonds is 5. The first-order chi connectivity index (χ1) is 12.8. The third kappa shape index (κ3) is 4.19. The lowest BCUT2D eigenvalue weighted by molar-refractivity contribution is 0.211. The zero-order chi connectivity index (χ0) is 17.8. The van der Waals surface area contributed by atoms with Crippen molar-refractivity contribution >= 4 is 28.2 Å². The van der Waals surface area contributed by atoms with Gasteiger partial charge in [0.2, 0.25) is 0 Å². The molecule has 4 rings (SSSR count). The number of fused-ring (bicyclic) bond motifs is 1. The van der Waals surface area contributed by atoms with Crippen molar-refractivity contribution in [2.24, 2.45) is 0 Å². The van der Waals surface area contributed by atoms with Crippen molar-refractivity contribution in [2.75, 3.05) is 24.7 Å². The molecular weight excluding hydrogens is 338 g/mol. The number of pyridine rings is 1. The summed E-state index contributed by atoms with van der Waals surface area (Å²) in [6.45, 7) is 3.36. The topological polar surface area (TPSA) is 28.2 Å². The molecule has 1 N–H and O–H groups in total. The number of likely N-dealkylation sites (tertiary alicyclic amines) is 1. The van der Waals surface area contributed by atoms with Crippen LogP contribution in [0, 0.1) is 0 Å². The molecule has 0 aliphatic carbocycles. The molecule has 1 fully saturated rings. The first kappa shape index (κ1) is 17.4. The maximum Gasteiger partial charge on any atom is 0.0348 e. The lowest BCUT2D eigenvalue weighted by Gasteiger charge is -2.33. The van der Waals surface area contributed by atoms with Gasteiger partial charge in [-0.05, 0) is 60.4 Å². The fraction of sp³-hybridized carbons (Fsp3) is 0.318. The summed E-state index contributed by atoms with van der Waals surface area (Å²) in [6.07, 6.45) is 8.29. The van der Waals surface area contributed by atoms with E-state index < -0.39 is 0 Å². The minimum absolute atomic E-state index is 0.560. The van der Waals surface area contributed by atoms with Gasteiger partial charge in [0.25, 0.3) is 0 Å². The normalized spacial score (nSPS) is 16.0. The molecule has 0 radical (unpaired) electrons. The molecule has 0 spiro atoms. The van der Waals surface area contributed by atoms with E-state index in [2.05, 4.69) is 70.0 Å². The number of hydrogen-bond donors (Lipinski definition) is 1. The Labute approximate surface area is 159 Å². The highest BCUT2D eigenvalue weighted by Gasteiger charge is 2.19. The van der Waals surface area contributed by atoms with E-state index in [0.29, 0.717) is 6.04 Å². The number of hydrogen-bond acceptors (Lipinski definition) is 4. The lowest BCUT2D eigenvalue weighted by atomic mass is 10.0. The quantitative estimate of drug-likeness (QED) is 0.643. The van der Waals surface area contributed by atoms with Crippen LogP contribution in [0.3, 0.4) is 0 Å². The Balaban J connectivity index is 1.31. The first-order valence-corrected chi connectivity index (χ1v) is 10.5. The smallest absolute Gasteiger partial charge is 0.0348 e. The molecule has 134 valence electrons. The number of thioether (sulfide) groups is 1. The van der Waals surface area contributed by atoms with Gasteiger partial charge < -0.3 is 5.32 Å². The van der Waals surface area contributed by atoms with E-state index in [-0.39, 0.29) is 0 Å². The largest absolute Gasteiger partial charge is 0.382 e. The van der Waals surface area contributed by atoms with E-state index in [9.17, 15) is 0 Å². The summed E-state index contributed by atoms with van der Waals surface area (Å²) in [6, 6.07) is 18.2. The predicted molar refractivity (Wildman–Crippen MR) is 112 cm³/mol. The van der Waals surface area contributed by atoms with Crippen LogP contribution in [-0.4, -0.2) is 35.3 Å². The highest BCUT2D eigenvalue weighted by molar-refractivity contribution is 7.98. The van der Waals surface area contributed by atoms with E-state index in [0.717, 1.165) is 19.6 Å². The standard InChI is InChI=1S/C22H25N3S/c1-26-22-6-2-17(3-7-22)16-25-12-9-20(10-13-25)24-21-5-4-19-15-23-11-8-18(19)14-21/h2-8,11,14-15,20,24H,9-10,12-13,16H2,1H3. The van der Waals surface area contributed by atoms with Crippen molar-refractivity contribution in [1.29, 1.82) is 0 Å². The SMILES string of the molecule is CSc1ccc(CN2CCC(Nc3ccc4cnccc4c3)CC2)cc1. The molecule has 3 nitrogen and oxygen atoms in total. The van der Waals surface area contributed by atoms with Crippen molar-refractivity contribution in [1.82, 2.24) is 9.88 Å². The van der Waals surface area contributed by atoms with Gasteiger partial charge in [-0.1, -0.05) is 18.2 Å². The Bertz CT molecular complexity index is 855. The molecule has 0 bridgehead atoms. The Hall–Kier alpha value is -2.04. The highest BCUT2D eigenvalue weighted by atomic mass is 32.2. The lowest BCUT2D eigenvalue weighted by Crippen LogP contribution is -2.38. The molecule has 2 aromatic carbocycles. The van der Waals surface area contributed by atoms with Crippen LogP contribution >= 0.6 is 11.8 Å². The van der Waals surface area contributed by atoms with Gasteiger partial charge in [-0.15, -0.1) is 11.8 Å². The average Bonchev–Trinajstić information content (AvgIpc) is 2.70. The summed E-state index contributed by atoms with van der Waals surface area (Å²) in [4.78, 5) is 8.09. The zero-order valence-electron chi connectivity index (χ0n) is 15.2. The Morgan fingerprint density at radius 3 is 2.62 bits per heavy atom. The van der Waals surface area contributed by atoms with E-state index in [1.807, 2.05) is 12.4 Å². The molecule has 2 heterocycles. The van der Waals surface area contributed by atoms with Gasteiger partial charge in [0.15, 0.2) is 0 Å². The number of benzene rings is 2. The molecule has 1 aromatic heterocycles. The second kappa shape index (κ2) is 8.11. The minimum Gasteiger partial charge on any atom is -0.382 e. The molecule has 0 amide bonds. The van der Waals surface area contributed by atoms with Crippen LogP contribution in [0.2, 0.25) is 0 Å². The molecule has 1 aliphatic heterocycles. The average molecular weight is 364 g/mol. The Morgan fingerprint density at radius 1 is 1.04 bits per heavy atom. The predicted octanol–water partition coefficient (Wildman–Crippen LogP) is 5.03. The zero-order valence-corrected chi connectivity index (χ0v) is 16.0. The van der Waals surface area contributed by atoms with Crippen LogP contribution in [0.5, 0.6) is 0 Å². The maximum atomic E-state index is 4.18. The summed E-state index contributed by atoms with van der Waals surface area (Å²) in [5.74, 6) is 0. The second-order valence-electron chi connectivity index (χ2n) is 6.98. The summed E-state index contributed by atoms with van der Waals surface area (Å²) in [5, 5.41) is 6.16. The molecule has 4 heteroatoms. The Morgan fingerprint density at radius 2 is 1.85 bits per heavy atom. The molecule has 26 heavy (non-hydrogen) atoms. The van der Waals surface area contributed by atoms with E-state index >= 15 is 0 Å². The van der Waals surface area contributed by atoms with Gasteiger partial charge in [-0.3, -0.25) is 9.88 Å². The molecule has 3 aromatic rings. The van der Waals surface area contributed by atoms with Crippen LogP contribution in [0.1, 0.15) is 18.4 Å². The van der Waals surface area contributed by atoms with Crippen molar-refractivity contribution < 1.29 is 0 Å².